The van der Waals surface area contributed by atoms with Gasteiger partial charge in [-0.1, -0.05) is 23.7 Å². The Bertz CT molecular complexity index is 574. The molecule has 0 saturated carbocycles. The van der Waals surface area contributed by atoms with Gasteiger partial charge in [0.2, 0.25) is 3.12 Å². The van der Waals surface area contributed by atoms with Crippen LogP contribution in [0, 0.1) is 10.1 Å². The molecule has 100 valence electrons. The molecule has 1 N–H and O–H groups in total. The molecule has 0 radical (unpaired) electrons. The summed E-state index contributed by atoms with van der Waals surface area (Å²) in [5, 5.41) is 20.5. The predicted molar refractivity (Wildman–Crippen MR) is 70.4 cm³/mol. The minimum atomic E-state index is -3.82. The van der Waals surface area contributed by atoms with E-state index in [2.05, 4.69) is 15.9 Å². The number of alkyl halides is 2. The highest BCUT2D eigenvalue weighted by Gasteiger charge is 2.44. The molecule has 9 heteroatoms. The first-order valence-corrected chi connectivity index (χ1v) is 7.63. The highest BCUT2D eigenvalue weighted by molar-refractivity contribution is 9.12. The maximum Gasteiger partial charge on any atom is 0.269 e. The average molecular weight is 359 g/mol. The maximum absolute atomic E-state index is 11.4. The third-order valence-corrected chi connectivity index (χ3v) is 6.67. The van der Waals surface area contributed by atoms with Gasteiger partial charge in [0.05, 0.1) is 4.92 Å². The van der Waals surface area contributed by atoms with E-state index in [1.165, 1.54) is 18.2 Å². The van der Waals surface area contributed by atoms with Gasteiger partial charge in [-0.25, -0.2) is 8.42 Å². The quantitative estimate of drug-likeness (QED) is 0.504. The molecule has 0 spiro atoms. The van der Waals surface area contributed by atoms with Gasteiger partial charge in [0.25, 0.3) is 5.69 Å². The monoisotopic (exact) mass is 357 g/mol. The van der Waals surface area contributed by atoms with Crippen LogP contribution >= 0.6 is 27.5 Å². The van der Waals surface area contributed by atoms with Gasteiger partial charge in [-0.15, -0.1) is 0 Å². The third kappa shape index (κ3) is 3.00. The highest BCUT2D eigenvalue weighted by atomic mass is 79.9. The molecule has 0 bridgehead atoms. The number of rotatable bonds is 4. The smallest absolute Gasteiger partial charge is 0.269 e. The Balaban J connectivity index is 3.23. The molecule has 0 aliphatic heterocycles. The van der Waals surface area contributed by atoms with Crippen LogP contribution < -0.4 is 0 Å². The molecule has 1 aromatic rings. The SMILES string of the molecule is CS(=O)(=O)[C@](Cl)(Br)[C@H](O)c1cccc([N+](=O)[O-])c1. The van der Waals surface area contributed by atoms with Crippen molar-refractivity contribution in [3.8, 4) is 0 Å². The number of hydrogen-bond donors (Lipinski definition) is 1. The molecule has 0 heterocycles. The van der Waals surface area contributed by atoms with Crippen molar-refractivity contribution < 1.29 is 18.4 Å². The number of sulfone groups is 1. The largest absolute Gasteiger partial charge is 0.385 e. The molecular formula is C9H9BrClNO5S. The van der Waals surface area contributed by atoms with E-state index in [4.69, 9.17) is 11.6 Å². The summed E-state index contributed by atoms with van der Waals surface area (Å²) in [6.45, 7) is 0. The lowest BCUT2D eigenvalue weighted by molar-refractivity contribution is -0.385. The van der Waals surface area contributed by atoms with Gasteiger partial charge < -0.3 is 5.11 Å². The van der Waals surface area contributed by atoms with Gasteiger partial charge in [0, 0.05) is 18.4 Å². The number of hydrogen-bond acceptors (Lipinski definition) is 5. The molecule has 1 rings (SSSR count). The number of aliphatic hydroxyl groups excluding tert-OH is 1. The van der Waals surface area contributed by atoms with Crippen LogP contribution in [0.5, 0.6) is 0 Å². The van der Waals surface area contributed by atoms with Crippen molar-refractivity contribution in [1.29, 1.82) is 0 Å². The molecule has 0 aliphatic carbocycles. The number of benzene rings is 1. The van der Waals surface area contributed by atoms with Crippen molar-refractivity contribution in [2.45, 2.75) is 9.22 Å². The molecule has 0 unspecified atom stereocenters. The van der Waals surface area contributed by atoms with E-state index in [9.17, 15) is 23.6 Å². The Labute approximate surface area is 117 Å². The summed E-state index contributed by atoms with van der Waals surface area (Å²) >= 11 is 8.46. The Morgan fingerprint density at radius 1 is 1.56 bits per heavy atom. The van der Waals surface area contributed by atoms with Crippen LogP contribution in [0.1, 0.15) is 11.7 Å². The summed E-state index contributed by atoms with van der Waals surface area (Å²) in [5.41, 5.74) is -0.235. The van der Waals surface area contributed by atoms with Gasteiger partial charge in [-0.2, -0.15) is 0 Å². The van der Waals surface area contributed by atoms with E-state index >= 15 is 0 Å². The van der Waals surface area contributed by atoms with Crippen LogP contribution in [0.4, 0.5) is 5.69 Å². The van der Waals surface area contributed by atoms with Crippen LogP contribution in [0.15, 0.2) is 24.3 Å². The maximum atomic E-state index is 11.4. The molecule has 6 nitrogen and oxygen atoms in total. The molecule has 0 fully saturated rings. The van der Waals surface area contributed by atoms with Gasteiger partial charge in [-0.3, -0.25) is 10.1 Å². The first-order valence-electron chi connectivity index (χ1n) is 4.57. The lowest BCUT2D eigenvalue weighted by Gasteiger charge is -2.24. The molecule has 0 aliphatic rings. The molecule has 1 aromatic carbocycles. The molecule has 0 saturated heterocycles. The van der Waals surface area contributed by atoms with E-state index in [0.717, 1.165) is 12.3 Å². The van der Waals surface area contributed by atoms with E-state index in [-0.39, 0.29) is 11.3 Å². The highest BCUT2D eigenvalue weighted by Crippen LogP contribution is 2.42. The van der Waals surface area contributed by atoms with E-state index in [1.54, 1.807) is 0 Å². The van der Waals surface area contributed by atoms with Crippen LogP contribution in [0.3, 0.4) is 0 Å². The number of nitro groups is 1. The van der Waals surface area contributed by atoms with Crippen molar-refractivity contribution in [2.75, 3.05) is 6.26 Å². The zero-order chi connectivity index (χ0) is 14.1. The van der Waals surface area contributed by atoms with E-state index in [0.29, 0.717) is 0 Å². The van der Waals surface area contributed by atoms with Gasteiger partial charge in [0.1, 0.15) is 6.10 Å². The first kappa shape index (κ1) is 15.4. The number of halogens is 2. The normalized spacial score (nSPS) is 16.9. The summed E-state index contributed by atoms with van der Waals surface area (Å²) in [6, 6.07) is 4.97. The lowest BCUT2D eigenvalue weighted by Crippen LogP contribution is -2.32. The zero-order valence-corrected chi connectivity index (χ0v) is 12.2. The number of nitrogens with zero attached hydrogens (tertiary/aromatic N) is 1. The van der Waals surface area contributed by atoms with Crippen molar-refractivity contribution in [2.24, 2.45) is 0 Å². The van der Waals surface area contributed by atoms with Crippen LogP contribution in [0.25, 0.3) is 0 Å². The second-order valence-corrected chi connectivity index (χ2v) is 8.83. The zero-order valence-electron chi connectivity index (χ0n) is 9.08. The summed E-state index contributed by atoms with van der Waals surface area (Å²) in [4.78, 5) is 9.93. The predicted octanol–water partition coefficient (Wildman–Crippen LogP) is 1.96. The topological polar surface area (TPSA) is 97.5 Å². The molecular weight excluding hydrogens is 350 g/mol. The van der Waals surface area contributed by atoms with Gasteiger partial charge >= 0.3 is 0 Å². The fourth-order valence-corrected chi connectivity index (χ4v) is 2.14. The van der Waals surface area contributed by atoms with Crippen molar-refractivity contribution >= 4 is 43.1 Å². The molecule has 18 heavy (non-hydrogen) atoms. The summed E-state index contributed by atoms with van der Waals surface area (Å²) < 4.78 is 20.7. The third-order valence-electron chi connectivity index (χ3n) is 2.21. The van der Waals surface area contributed by atoms with Crippen LogP contribution in [-0.4, -0.2) is 27.8 Å². The van der Waals surface area contributed by atoms with Crippen LogP contribution in [0.2, 0.25) is 0 Å². The Kier molecular flexibility index (Phi) is 4.37. The lowest BCUT2D eigenvalue weighted by atomic mass is 10.1. The number of nitro benzene ring substituents is 1. The van der Waals surface area contributed by atoms with Gasteiger partial charge in [0.15, 0.2) is 9.84 Å². The van der Waals surface area contributed by atoms with Crippen molar-refractivity contribution in [3.63, 3.8) is 0 Å². The fraction of sp³-hybridized carbons (Fsp3) is 0.333. The summed E-state index contributed by atoms with van der Waals surface area (Å²) in [5.74, 6) is 0. The van der Waals surface area contributed by atoms with Crippen molar-refractivity contribution in [1.82, 2.24) is 0 Å². The summed E-state index contributed by atoms with van der Waals surface area (Å²) in [6.07, 6.45) is -0.802. The number of non-ortho nitro benzene ring substituents is 1. The van der Waals surface area contributed by atoms with Crippen LogP contribution in [-0.2, 0) is 9.84 Å². The van der Waals surface area contributed by atoms with Gasteiger partial charge in [-0.05, 0) is 21.5 Å². The van der Waals surface area contributed by atoms with E-state index in [1.807, 2.05) is 0 Å². The minimum Gasteiger partial charge on any atom is -0.385 e. The van der Waals surface area contributed by atoms with E-state index < -0.39 is 24.0 Å². The summed E-state index contributed by atoms with van der Waals surface area (Å²) in [7, 11) is -3.82. The minimum absolute atomic E-state index is 0.0292. The molecule has 0 aromatic heterocycles. The second kappa shape index (κ2) is 5.12. The average Bonchev–Trinajstić information content (AvgIpc) is 2.26. The Morgan fingerprint density at radius 2 is 2.11 bits per heavy atom. The molecule has 0 amide bonds. The first-order chi connectivity index (χ1) is 8.07. The molecule has 2 atom stereocenters. The second-order valence-electron chi connectivity index (χ2n) is 3.59. The van der Waals surface area contributed by atoms with Crippen molar-refractivity contribution in [3.05, 3.63) is 39.9 Å². The fourth-order valence-electron chi connectivity index (χ4n) is 1.21. The Hall–Kier alpha value is -0.700. The number of aliphatic hydroxyl groups is 1. The Morgan fingerprint density at radius 3 is 2.56 bits per heavy atom. The standard InChI is InChI=1S/C9H9BrClNO5S/c1-18(16,17)9(10,11)8(13)6-3-2-4-7(5-6)12(14)15/h2-5,8,13H,1H3/t8-,9+/m1/s1.